The molecule has 0 aliphatic heterocycles. The highest BCUT2D eigenvalue weighted by Crippen LogP contribution is 2.28. The van der Waals surface area contributed by atoms with Crippen LogP contribution in [0.4, 0.5) is 0 Å². The van der Waals surface area contributed by atoms with Crippen LogP contribution in [0, 0.1) is 0 Å². The van der Waals surface area contributed by atoms with Gasteiger partial charge in [-0.1, -0.05) is 6.07 Å². The van der Waals surface area contributed by atoms with E-state index >= 15 is 0 Å². The Bertz CT molecular complexity index is 404. The lowest BCUT2D eigenvalue weighted by atomic mass is 10.2. The molecule has 0 heterocycles. The zero-order valence-corrected chi connectivity index (χ0v) is 10.6. The molecule has 0 N–H and O–H groups in total. The SMILES string of the molecule is COc1cccc(C(=O)N(CCCl)C2CC2)c1. The first-order valence-corrected chi connectivity index (χ1v) is 6.30. The number of carbonyl (C=O) groups is 1. The molecular formula is C13H16ClNO2. The minimum Gasteiger partial charge on any atom is -0.497 e. The molecule has 4 heteroatoms. The Kier molecular flexibility index (Phi) is 3.89. The van der Waals surface area contributed by atoms with Gasteiger partial charge >= 0.3 is 0 Å². The van der Waals surface area contributed by atoms with Crippen molar-refractivity contribution < 1.29 is 9.53 Å². The molecule has 0 saturated heterocycles. The van der Waals surface area contributed by atoms with E-state index < -0.39 is 0 Å². The van der Waals surface area contributed by atoms with Crippen molar-refractivity contribution in [1.29, 1.82) is 0 Å². The smallest absolute Gasteiger partial charge is 0.254 e. The van der Waals surface area contributed by atoms with Crippen molar-refractivity contribution in [3.8, 4) is 5.75 Å². The molecule has 1 aromatic carbocycles. The highest BCUT2D eigenvalue weighted by Gasteiger charge is 2.32. The van der Waals surface area contributed by atoms with Gasteiger partial charge in [-0.3, -0.25) is 4.79 Å². The van der Waals surface area contributed by atoms with Crippen LogP contribution in [-0.4, -0.2) is 36.4 Å². The Morgan fingerprint density at radius 1 is 1.53 bits per heavy atom. The van der Waals surface area contributed by atoms with Gasteiger partial charge in [0.1, 0.15) is 5.75 Å². The zero-order chi connectivity index (χ0) is 12.3. The van der Waals surface area contributed by atoms with Crippen molar-refractivity contribution in [1.82, 2.24) is 4.90 Å². The molecule has 1 fully saturated rings. The van der Waals surface area contributed by atoms with Gasteiger partial charge in [-0.15, -0.1) is 11.6 Å². The van der Waals surface area contributed by atoms with Crippen LogP contribution in [0.15, 0.2) is 24.3 Å². The third kappa shape index (κ3) is 2.91. The molecule has 1 aliphatic rings. The maximum atomic E-state index is 12.3. The highest BCUT2D eigenvalue weighted by atomic mass is 35.5. The molecule has 3 nitrogen and oxygen atoms in total. The van der Waals surface area contributed by atoms with Crippen LogP contribution >= 0.6 is 11.6 Å². The second kappa shape index (κ2) is 5.41. The fourth-order valence-corrected chi connectivity index (χ4v) is 2.03. The number of halogens is 1. The number of carbonyl (C=O) groups excluding carboxylic acids is 1. The van der Waals surface area contributed by atoms with E-state index in [1.807, 2.05) is 23.1 Å². The molecule has 0 atom stereocenters. The molecule has 2 rings (SSSR count). The summed E-state index contributed by atoms with van der Waals surface area (Å²) in [6.07, 6.45) is 2.18. The average Bonchev–Trinajstić information content (AvgIpc) is 3.19. The number of ether oxygens (including phenoxy) is 1. The van der Waals surface area contributed by atoms with Crippen molar-refractivity contribution in [2.45, 2.75) is 18.9 Å². The Labute approximate surface area is 106 Å². The van der Waals surface area contributed by atoms with E-state index in [0.717, 1.165) is 12.8 Å². The molecule has 0 spiro atoms. The topological polar surface area (TPSA) is 29.5 Å². The first kappa shape index (κ1) is 12.2. The molecule has 0 radical (unpaired) electrons. The van der Waals surface area contributed by atoms with Gasteiger partial charge in [0.15, 0.2) is 0 Å². The van der Waals surface area contributed by atoms with Gasteiger partial charge in [0.25, 0.3) is 5.91 Å². The van der Waals surface area contributed by atoms with Gasteiger partial charge in [-0.05, 0) is 31.0 Å². The Hall–Kier alpha value is -1.22. The second-order valence-corrected chi connectivity index (χ2v) is 4.53. The monoisotopic (exact) mass is 253 g/mol. The van der Waals surface area contributed by atoms with Gasteiger partial charge in [0, 0.05) is 24.0 Å². The number of nitrogens with zero attached hydrogens (tertiary/aromatic N) is 1. The van der Waals surface area contributed by atoms with Crippen LogP contribution in [0.5, 0.6) is 5.75 Å². The third-order valence-electron chi connectivity index (χ3n) is 2.89. The number of amides is 1. The first-order valence-electron chi connectivity index (χ1n) is 5.77. The van der Waals surface area contributed by atoms with E-state index in [0.29, 0.717) is 29.8 Å². The molecule has 1 aliphatic carbocycles. The van der Waals surface area contributed by atoms with E-state index in [1.165, 1.54) is 0 Å². The Morgan fingerprint density at radius 3 is 2.88 bits per heavy atom. The third-order valence-corrected chi connectivity index (χ3v) is 3.06. The molecule has 92 valence electrons. The summed E-state index contributed by atoms with van der Waals surface area (Å²) < 4.78 is 5.12. The van der Waals surface area contributed by atoms with Crippen molar-refractivity contribution in [3.63, 3.8) is 0 Å². The van der Waals surface area contributed by atoms with Crippen molar-refractivity contribution >= 4 is 17.5 Å². The Morgan fingerprint density at radius 2 is 2.29 bits per heavy atom. The summed E-state index contributed by atoms with van der Waals surface area (Å²) in [5.41, 5.74) is 0.668. The van der Waals surface area contributed by atoms with Crippen LogP contribution in [0.3, 0.4) is 0 Å². The molecule has 1 saturated carbocycles. The average molecular weight is 254 g/mol. The van der Waals surface area contributed by atoms with Crippen molar-refractivity contribution in [2.24, 2.45) is 0 Å². The van der Waals surface area contributed by atoms with Crippen LogP contribution in [0.1, 0.15) is 23.2 Å². The van der Waals surface area contributed by atoms with Gasteiger partial charge in [-0.25, -0.2) is 0 Å². The molecule has 17 heavy (non-hydrogen) atoms. The predicted molar refractivity (Wildman–Crippen MR) is 67.8 cm³/mol. The minimum absolute atomic E-state index is 0.0482. The lowest BCUT2D eigenvalue weighted by Crippen LogP contribution is -2.34. The van der Waals surface area contributed by atoms with E-state index in [4.69, 9.17) is 16.3 Å². The fraction of sp³-hybridized carbons (Fsp3) is 0.462. The van der Waals surface area contributed by atoms with Crippen molar-refractivity contribution in [2.75, 3.05) is 19.5 Å². The molecular weight excluding hydrogens is 238 g/mol. The summed E-state index contributed by atoms with van der Waals surface area (Å²) in [5, 5.41) is 0. The van der Waals surface area contributed by atoms with E-state index in [2.05, 4.69) is 0 Å². The largest absolute Gasteiger partial charge is 0.497 e. The van der Waals surface area contributed by atoms with E-state index in [9.17, 15) is 4.79 Å². The van der Waals surface area contributed by atoms with Crippen LogP contribution < -0.4 is 4.74 Å². The zero-order valence-electron chi connectivity index (χ0n) is 9.86. The lowest BCUT2D eigenvalue weighted by Gasteiger charge is -2.21. The number of rotatable bonds is 5. The first-order chi connectivity index (χ1) is 8.26. The maximum absolute atomic E-state index is 12.3. The van der Waals surface area contributed by atoms with Crippen LogP contribution in [0.25, 0.3) is 0 Å². The van der Waals surface area contributed by atoms with Gasteiger partial charge < -0.3 is 9.64 Å². The predicted octanol–water partition coefficient (Wildman–Crippen LogP) is 2.54. The summed E-state index contributed by atoms with van der Waals surface area (Å²) in [4.78, 5) is 14.2. The maximum Gasteiger partial charge on any atom is 0.254 e. The number of hydrogen-bond acceptors (Lipinski definition) is 2. The van der Waals surface area contributed by atoms with Gasteiger partial charge in [0.05, 0.1) is 7.11 Å². The Balaban J connectivity index is 2.15. The van der Waals surface area contributed by atoms with Crippen LogP contribution in [0.2, 0.25) is 0 Å². The molecule has 1 amide bonds. The van der Waals surface area contributed by atoms with Crippen LogP contribution in [-0.2, 0) is 0 Å². The molecule has 0 aromatic heterocycles. The fourth-order valence-electron chi connectivity index (χ4n) is 1.85. The summed E-state index contributed by atoms with van der Waals surface area (Å²) in [7, 11) is 1.60. The number of benzene rings is 1. The lowest BCUT2D eigenvalue weighted by molar-refractivity contribution is 0.0753. The standard InChI is InChI=1S/C13H16ClNO2/c1-17-12-4-2-3-10(9-12)13(16)15(8-7-14)11-5-6-11/h2-4,9,11H,5-8H2,1H3. The highest BCUT2D eigenvalue weighted by molar-refractivity contribution is 6.18. The van der Waals surface area contributed by atoms with E-state index in [1.54, 1.807) is 13.2 Å². The normalized spacial score (nSPS) is 14.5. The molecule has 1 aromatic rings. The summed E-state index contributed by atoms with van der Waals surface area (Å²) in [6.45, 7) is 0.613. The van der Waals surface area contributed by atoms with Gasteiger partial charge in [0.2, 0.25) is 0 Å². The summed E-state index contributed by atoms with van der Waals surface area (Å²) >= 11 is 5.74. The molecule has 0 bridgehead atoms. The van der Waals surface area contributed by atoms with E-state index in [-0.39, 0.29) is 5.91 Å². The second-order valence-electron chi connectivity index (χ2n) is 4.15. The summed E-state index contributed by atoms with van der Waals surface area (Å²) in [6, 6.07) is 7.63. The quantitative estimate of drug-likeness (QED) is 0.755. The number of hydrogen-bond donors (Lipinski definition) is 0. The molecule has 0 unspecified atom stereocenters. The minimum atomic E-state index is 0.0482. The van der Waals surface area contributed by atoms with Crippen molar-refractivity contribution in [3.05, 3.63) is 29.8 Å². The summed E-state index contributed by atoms with van der Waals surface area (Å²) in [5.74, 6) is 1.23. The number of alkyl halides is 1. The van der Waals surface area contributed by atoms with Gasteiger partial charge in [-0.2, -0.15) is 0 Å². The number of methoxy groups -OCH3 is 1.